The molecule has 4 aliphatic rings. The van der Waals surface area contributed by atoms with Gasteiger partial charge < -0.3 is 5.11 Å². The summed E-state index contributed by atoms with van der Waals surface area (Å²) in [6.07, 6.45) is 35.0. The second kappa shape index (κ2) is 15.9. The van der Waals surface area contributed by atoms with Gasteiger partial charge in [-0.05, 0) is 133 Å². The molecule has 0 aromatic heterocycles. The molecular formula is C27H23FFe2O+4. The van der Waals surface area contributed by atoms with Gasteiger partial charge in [0.05, 0.1) is 0 Å². The van der Waals surface area contributed by atoms with Crippen LogP contribution in [0, 0.1) is 133 Å². The molecular weight excluding hydrogens is 471 g/mol. The molecule has 0 unspecified atom stereocenters. The van der Waals surface area contributed by atoms with E-state index in [0.29, 0.717) is 5.56 Å². The molecule has 1 aromatic rings. The van der Waals surface area contributed by atoms with Crippen LogP contribution in [-0.4, -0.2) is 5.11 Å². The Kier molecular flexibility index (Phi) is 15.0. The van der Waals surface area contributed by atoms with Crippen LogP contribution in [0.25, 0.3) is 0 Å². The average molecular weight is 494 g/mol. The van der Waals surface area contributed by atoms with Crippen molar-refractivity contribution in [1.29, 1.82) is 0 Å². The molecule has 0 bridgehead atoms. The molecule has 4 heteroatoms. The molecule has 0 saturated heterocycles. The molecule has 4 aliphatic carbocycles. The summed E-state index contributed by atoms with van der Waals surface area (Å²) in [7, 11) is 0. The largest absolute Gasteiger partial charge is 2.00 e. The molecule has 0 aliphatic heterocycles. The van der Waals surface area contributed by atoms with Crippen LogP contribution in [0.1, 0.15) is 5.56 Å². The summed E-state index contributed by atoms with van der Waals surface area (Å²) in [6, 6.07) is 5.98. The fourth-order valence-electron chi connectivity index (χ4n) is 3.06. The monoisotopic (exact) mass is 494 g/mol. The summed E-state index contributed by atoms with van der Waals surface area (Å²) in [6.45, 7) is 0. The second-order valence-electron chi connectivity index (χ2n) is 6.49. The van der Waals surface area contributed by atoms with Gasteiger partial charge in [0.2, 0.25) is 0 Å². The van der Waals surface area contributed by atoms with E-state index >= 15 is 0 Å². The van der Waals surface area contributed by atoms with Gasteiger partial charge in [0, 0.05) is 11.8 Å². The minimum Gasteiger partial charge on any atom is -0.384 e. The van der Waals surface area contributed by atoms with Crippen molar-refractivity contribution >= 4 is 0 Å². The predicted octanol–water partition coefficient (Wildman–Crippen LogP) is 4.86. The van der Waals surface area contributed by atoms with Crippen LogP contribution in [-0.2, 0) is 39.7 Å². The summed E-state index contributed by atoms with van der Waals surface area (Å²) < 4.78 is 13.1. The van der Waals surface area contributed by atoms with Crippen LogP contribution in [0.5, 0.6) is 0 Å². The maximum atomic E-state index is 13.1. The van der Waals surface area contributed by atoms with Gasteiger partial charge in [0.25, 0.3) is 0 Å². The van der Waals surface area contributed by atoms with Crippen molar-refractivity contribution < 1.29 is 43.6 Å². The zero-order valence-corrected chi connectivity index (χ0v) is 18.9. The van der Waals surface area contributed by atoms with E-state index in [4.69, 9.17) is 0 Å². The smallest absolute Gasteiger partial charge is 0.384 e. The Morgan fingerprint density at radius 1 is 0.484 bits per heavy atom. The Bertz CT molecular complexity index is 516. The molecule has 4 fully saturated rings. The topological polar surface area (TPSA) is 20.2 Å². The van der Waals surface area contributed by atoms with E-state index in [1.807, 2.05) is 116 Å². The Balaban J connectivity index is 0.000000331. The number of hydrogen-bond acceptors (Lipinski definition) is 1. The molecule has 1 aromatic carbocycles. The van der Waals surface area contributed by atoms with E-state index in [0.717, 1.165) is 11.8 Å². The van der Waals surface area contributed by atoms with Gasteiger partial charge in [0.15, 0.2) is 0 Å². The number of halogens is 1. The van der Waals surface area contributed by atoms with Crippen LogP contribution >= 0.6 is 0 Å². The van der Waals surface area contributed by atoms with Gasteiger partial charge in [-0.3, -0.25) is 0 Å². The maximum absolute atomic E-state index is 13.1. The molecule has 4 saturated carbocycles. The Morgan fingerprint density at radius 2 is 0.774 bits per heavy atom. The Labute approximate surface area is 211 Å². The summed E-state index contributed by atoms with van der Waals surface area (Å²) in [5, 5.41) is 11.2. The van der Waals surface area contributed by atoms with Crippen molar-refractivity contribution in [3.05, 3.63) is 163 Å². The van der Waals surface area contributed by atoms with Gasteiger partial charge in [-0.25, -0.2) is 4.39 Å². The van der Waals surface area contributed by atoms with Crippen molar-refractivity contribution in [3.8, 4) is 0 Å². The van der Waals surface area contributed by atoms with Crippen LogP contribution in [0.15, 0.2) is 24.3 Å². The zero-order valence-electron chi connectivity index (χ0n) is 16.7. The molecule has 5 rings (SSSR count). The molecule has 0 spiro atoms. The summed E-state index contributed by atoms with van der Waals surface area (Å²) >= 11 is 0. The van der Waals surface area contributed by atoms with E-state index in [2.05, 4.69) is 0 Å². The van der Waals surface area contributed by atoms with E-state index in [1.165, 1.54) is 12.1 Å². The van der Waals surface area contributed by atoms with Gasteiger partial charge in [-0.2, -0.15) is 0 Å². The molecule has 0 amide bonds. The maximum Gasteiger partial charge on any atom is 2.00 e. The first kappa shape index (κ1) is 29.2. The summed E-state index contributed by atoms with van der Waals surface area (Å²) in [4.78, 5) is 0. The van der Waals surface area contributed by atoms with Gasteiger partial charge >= 0.3 is 34.1 Å². The molecule has 20 radical (unpaired) electrons. The number of hydrogen-bond donors (Lipinski definition) is 1. The zero-order chi connectivity index (χ0) is 20.4. The molecule has 1 nitrogen and oxygen atoms in total. The fourth-order valence-corrected chi connectivity index (χ4v) is 3.06. The SMILES string of the molecule is OC([C]1[CH][CH][CH][CH]1)([C]1[CH][CH][CH][CH]1)c1ccc(F)cc1.[CH]1[CH][CH][CH][CH]1.[CH]1[CH][CH][CH][CH]1.[Fe+2].[Fe+2]. The minimum atomic E-state index is -1.24. The van der Waals surface area contributed by atoms with Crippen molar-refractivity contribution in [1.82, 2.24) is 0 Å². The first-order valence-electron chi connectivity index (χ1n) is 9.47. The van der Waals surface area contributed by atoms with E-state index in [-0.39, 0.29) is 40.0 Å². The first-order chi connectivity index (χ1) is 14.2. The van der Waals surface area contributed by atoms with Crippen LogP contribution in [0.2, 0.25) is 0 Å². The van der Waals surface area contributed by atoms with E-state index < -0.39 is 5.60 Å². The van der Waals surface area contributed by atoms with Gasteiger partial charge in [-0.15, -0.1) is 0 Å². The van der Waals surface area contributed by atoms with Crippen LogP contribution in [0.3, 0.4) is 0 Å². The third kappa shape index (κ3) is 8.78. The molecule has 0 atom stereocenters. The molecule has 31 heavy (non-hydrogen) atoms. The third-order valence-electron chi connectivity index (χ3n) is 4.53. The number of rotatable bonds is 3. The number of benzene rings is 1. The van der Waals surface area contributed by atoms with E-state index in [1.54, 1.807) is 12.1 Å². The third-order valence-corrected chi connectivity index (χ3v) is 4.53. The minimum absolute atomic E-state index is 0. The van der Waals surface area contributed by atoms with Crippen LogP contribution in [0.4, 0.5) is 4.39 Å². The average Bonchev–Trinajstić information content (AvgIpc) is 3.59. The van der Waals surface area contributed by atoms with E-state index in [9.17, 15) is 9.50 Å². The molecule has 156 valence electrons. The molecule has 0 heterocycles. The van der Waals surface area contributed by atoms with Gasteiger partial charge in [-0.1, -0.05) is 12.1 Å². The predicted molar refractivity (Wildman–Crippen MR) is 114 cm³/mol. The summed E-state index contributed by atoms with van der Waals surface area (Å²) in [5.74, 6) is 1.26. The van der Waals surface area contributed by atoms with Crippen molar-refractivity contribution in [2.75, 3.05) is 0 Å². The van der Waals surface area contributed by atoms with Gasteiger partial charge in [0.1, 0.15) is 11.4 Å². The normalized spacial score (nSPS) is 21.4. The first-order valence-corrected chi connectivity index (χ1v) is 9.47. The van der Waals surface area contributed by atoms with Crippen molar-refractivity contribution in [2.24, 2.45) is 0 Å². The van der Waals surface area contributed by atoms with Crippen molar-refractivity contribution in [3.63, 3.8) is 0 Å². The quantitative estimate of drug-likeness (QED) is 0.596. The standard InChI is InChI=1S/C17H13FO.2C5H5.2Fe/c18-16-11-9-15(10-12-16)17(19,13-5-1-2-6-13)14-7-3-4-8-14;2*1-2-4-5-3-1;;/h1-12,19H;2*1-5H;;/q;;;2*+2. The molecule has 1 N–H and O–H groups in total. The van der Waals surface area contributed by atoms with Crippen LogP contribution < -0.4 is 0 Å². The fraction of sp³-hybridized carbons (Fsp3) is 0.0370. The van der Waals surface area contributed by atoms with Crippen molar-refractivity contribution in [2.45, 2.75) is 5.60 Å². The Morgan fingerprint density at radius 3 is 1.06 bits per heavy atom. The second-order valence-corrected chi connectivity index (χ2v) is 6.49. The summed E-state index contributed by atoms with van der Waals surface area (Å²) in [5.41, 5.74) is -0.577. The number of aliphatic hydroxyl groups is 1. The Hall–Kier alpha value is 0.149.